The maximum Gasteiger partial charge on any atom is 0.250 e. The first kappa shape index (κ1) is 21.4. The Hall–Kier alpha value is -3.32. The maximum atomic E-state index is 12.4. The van der Waals surface area contributed by atoms with Crippen molar-refractivity contribution in [1.29, 1.82) is 0 Å². The number of nitrogens with one attached hydrogen (secondary N) is 1. The molecular weight excluding hydrogens is 400 g/mol. The predicted molar refractivity (Wildman–Crippen MR) is 121 cm³/mol. The fourth-order valence-electron chi connectivity index (χ4n) is 2.98. The van der Waals surface area contributed by atoms with Crippen molar-refractivity contribution in [1.82, 2.24) is 4.98 Å². The summed E-state index contributed by atoms with van der Waals surface area (Å²) in [7, 11) is 4.65. The molecule has 30 heavy (non-hydrogen) atoms. The largest absolute Gasteiger partial charge is 0.493 e. The number of aryl methyl sites for hydroxylation is 1. The number of amides is 1. The topological polar surface area (TPSA) is 69.7 Å². The van der Waals surface area contributed by atoms with Crippen molar-refractivity contribution in [3.05, 3.63) is 59.0 Å². The molecule has 0 fully saturated rings. The molecule has 0 aliphatic rings. The van der Waals surface area contributed by atoms with Crippen LogP contribution in [0.25, 0.3) is 17.3 Å². The van der Waals surface area contributed by atoms with Gasteiger partial charge in [0.1, 0.15) is 0 Å². The van der Waals surface area contributed by atoms with Crippen molar-refractivity contribution in [2.75, 3.05) is 26.6 Å². The molecule has 3 rings (SSSR count). The van der Waals surface area contributed by atoms with Gasteiger partial charge in [-0.3, -0.25) is 10.1 Å². The number of thiazole rings is 1. The van der Waals surface area contributed by atoms with Gasteiger partial charge in [-0.25, -0.2) is 4.98 Å². The third-order valence-electron chi connectivity index (χ3n) is 4.41. The lowest BCUT2D eigenvalue weighted by Gasteiger charge is -2.12. The zero-order chi connectivity index (χ0) is 21.5. The highest BCUT2D eigenvalue weighted by Crippen LogP contribution is 2.38. The number of methoxy groups -OCH3 is 3. The average Bonchev–Trinajstić information content (AvgIpc) is 3.20. The molecule has 2 aromatic carbocycles. The van der Waals surface area contributed by atoms with E-state index in [2.05, 4.69) is 17.2 Å². The first-order valence-electron chi connectivity index (χ1n) is 9.43. The number of carbonyl (C=O) groups excluding carboxylic acids is 1. The molecule has 0 saturated heterocycles. The molecule has 0 bridgehead atoms. The second-order valence-corrected chi connectivity index (χ2v) is 7.38. The number of benzene rings is 2. The highest BCUT2D eigenvalue weighted by atomic mass is 32.1. The third-order valence-corrected chi connectivity index (χ3v) is 5.53. The van der Waals surface area contributed by atoms with Gasteiger partial charge in [0.25, 0.3) is 0 Å². The summed E-state index contributed by atoms with van der Waals surface area (Å²) < 4.78 is 16.0. The minimum Gasteiger partial charge on any atom is -0.493 e. The van der Waals surface area contributed by atoms with Gasteiger partial charge in [-0.2, -0.15) is 0 Å². The summed E-state index contributed by atoms with van der Waals surface area (Å²) >= 11 is 1.49. The van der Waals surface area contributed by atoms with Crippen LogP contribution >= 0.6 is 11.3 Å². The van der Waals surface area contributed by atoms with Gasteiger partial charge in [0.2, 0.25) is 11.7 Å². The van der Waals surface area contributed by atoms with Gasteiger partial charge >= 0.3 is 0 Å². The molecule has 1 aromatic heterocycles. The SMILES string of the molecule is CCc1sc(NC(=O)C=Cc2cc(OC)c(OC)c(OC)c2)nc1-c1ccccc1. The summed E-state index contributed by atoms with van der Waals surface area (Å²) in [6.45, 7) is 2.08. The van der Waals surface area contributed by atoms with E-state index < -0.39 is 0 Å². The molecule has 0 atom stereocenters. The summed E-state index contributed by atoms with van der Waals surface area (Å²) in [6, 6.07) is 13.5. The molecule has 0 aliphatic carbocycles. The molecular formula is C23H24N2O4S. The molecule has 7 heteroatoms. The standard InChI is InChI=1S/C23H24N2O4S/c1-5-19-21(16-9-7-6-8-10-16)25-23(30-19)24-20(26)12-11-15-13-17(27-2)22(29-4)18(14-15)28-3/h6-14H,5H2,1-4H3,(H,24,25,26). The van der Waals surface area contributed by atoms with Crippen LogP contribution in [0.3, 0.4) is 0 Å². The van der Waals surface area contributed by atoms with E-state index in [1.807, 2.05) is 30.3 Å². The van der Waals surface area contributed by atoms with Crippen LogP contribution in [-0.2, 0) is 11.2 Å². The smallest absolute Gasteiger partial charge is 0.250 e. The number of hydrogen-bond acceptors (Lipinski definition) is 6. The van der Waals surface area contributed by atoms with Gasteiger partial charge in [-0.1, -0.05) is 37.3 Å². The van der Waals surface area contributed by atoms with Crippen molar-refractivity contribution in [3.63, 3.8) is 0 Å². The van der Waals surface area contributed by atoms with Gasteiger partial charge in [-0.15, -0.1) is 11.3 Å². The first-order valence-corrected chi connectivity index (χ1v) is 10.2. The molecule has 156 valence electrons. The van der Waals surface area contributed by atoms with Crippen molar-refractivity contribution in [3.8, 4) is 28.5 Å². The molecule has 0 saturated carbocycles. The first-order chi connectivity index (χ1) is 14.6. The van der Waals surface area contributed by atoms with E-state index in [4.69, 9.17) is 14.2 Å². The Morgan fingerprint density at radius 2 is 1.73 bits per heavy atom. The minimum atomic E-state index is -0.264. The van der Waals surface area contributed by atoms with Gasteiger partial charge in [-0.05, 0) is 30.2 Å². The highest BCUT2D eigenvalue weighted by Gasteiger charge is 2.14. The fourth-order valence-corrected chi connectivity index (χ4v) is 3.91. The Balaban J connectivity index is 1.78. The van der Waals surface area contributed by atoms with E-state index in [9.17, 15) is 4.79 Å². The Labute approximate surface area is 180 Å². The van der Waals surface area contributed by atoms with E-state index in [-0.39, 0.29) is 5.91 Å². The van der Waals surface area contributed by atoms with E-state index >= 15 is 0 Å². The van der Waals surface area contributed by atoms with Gasteiger partial charge in [0.15, 0.2) is 16.6 Å². The number of anilines is 1. The zero-order valence-electron chi connectivity index (χ0n) is 17.4. The molecule has 6 nitrogen and oxygen atoms in total. The molecule has 1 N–H and O–H groups in total. The summed E-state index contributed by atoms with van der Waals surface area (Å²) in [6.07, 6.45) is 3.99. The van der Waals surface area contributed by atoms with Crippen molar-refractivity contribution >= 4 is 28.5 Å². The molecule has 3 aromatic rings. The van der Waals surface area contributed by atoms with E-state index in [0.717, 1.165) is 28.1 Å². The van der Waals surface area contributed by atoms with Crippen LogP contribution in [0.2, 0.25) is 0 Å². The number of aromatic nitrogens is 1. The van der Waals surface area contributed by atoms with E-state index in [1.165, 1.54) is 17.4 Å². The van der Waals surface area contributed by atoms with Crippen LogP contribution in [0.1, 0.15) is 17.4 Å². The van der Waals surface area contributed by atoms with Gasteiger partial charge in [0, 0.05) is 16.5 Å². The number of nitrogens with zero attached hydrogens (tertiary/aromatic N) is 1. The zero-order valence-corrected chi connectivity index (χ0v) is 18.2. The highest BCUT2D eigenvalue weighted by molar-refractivity contribution is 7.16. The Kier molecular flexibility index (Phi) is 7.08. The average molecular weight is 425 g/mol. The Morgan fingerprint density at radius 3 is 2.30 bits per heavy atom. The van der Waals surface area contributed by atoms with Crippen LogP contribution in [0.5, 0.6) is 17.2 Å². The molecule has 1 heterocycles. The monoisotopic (exact) mass is 424 g/mol. The second kappa shape index (κ2) is 9.93. The summed E-state index contributed by atoms with van der Waals surface area (Å²) in [5.74, 6) is 1.29. The number of rotatable bonds is 8. The van der Waals surface area contributed by atoms with Crippen LogP contribution in [0, 0.1) is 0 Å². The second-order valence-electron chi connectivity index (χ2n) is 6.29. The molecule has 0 aliphatic heterocycles. The predicted octanol–water partition coefficient (Wildman–Crippen LogP) is 5.05. The van der Waals surface area contributed by atoms with Gasteiger partial charge < -0.3 is 14.2 Å². The summed E-state index contributed by atoms with van der Waals surface area (Å²) in [5.41, 5.74) is 2.70. The normalized spacial score (nSPS) is 10.8. The summed E-state index contributed by atoms with van der Waals surface area (Å²) in [5, 5.41) is 3.43. The summed E-state index contributed by atoms with van der Waals surface area (Å²) in [4.78, 5) is 18.2. The minimum absolute atomic E-state index is 0.264. The Morgan fingerprint density at radius 1 is 1.07 bits per heavy atom. The molecule has 0 spiro atoms. The molecule has 0 radical (unpaired) electrons. The Bertz CT molecular complexity index is 1020. The molecule has 0 unspecified atom stereocenters. The quantitative estimate of drug-likeness (QED) is 0.513. The number of carbonyl (C=O) groups is 1. The van der Waals surface area contributed by atoms with Crippen molar-refractivity contribution in [2.45, 2.75) is 13.3 Å². The lowest BCUT2D eigenvalue weighted by Crippen LogP contribution is -2.07. The van der Waals surface area contributed by atoms with E-state index in [1.54, 1.807) is 39.5 Å². The van der Waals surface area contributed by atoms with Crippen molar-refractivity contribution < 1.29 is 19.0 Å². The van der Waals surface area contributed by atoms with E-state index in [0.29, 0.717) is 22.4 Å². The maximum absolute atomic E-state index is 12.4. The van der Waals surface area contributed by atoms with Crippen LogP contribution in [-0.4, -0.2) is 32.2 Å². The van der Waals surface area contributed by atoms with Crippen molar-refractivity contribution in [2.24, 2.45) is 0 Å². The number of ether oxygens (including phenoxy) is 3. The van der Waals surface area contributed by atoms with Crippen LogP contribution in [0.4, 0.5) is 5.13 Å². The third kappa shape index (κ3) is 4.80. The number of hydrogen-bond donors (Lipinski definition) is 1. The van der Waals surface area contributed by atoms with Crippen LogP contribution < -0.4 is 19.5 Å². The van der Waals surface area contributed by atoms with Gasteiger partial charge in [0.05, 0.1) is 27.0 Å². The molecule has 1 amide bonds. The lowest BCUT2D eigenvalue weighted by atomic mass is 10.1. The van der Waals surface area contributed by atoms with Crippen LogP contribution in [0.15, 0.2) is 48.5 Å². The fraction of sp³-hybridized carbons (Fsp3) is 0.217. The lowest BCUT2D eigenvalue weighted by molar-refractivity contribution is -0.111.